The highest BCUT2D eigenvalue weighted by Gasteiger charge is 2.29. The summed E-state index contributed by atoms with van der Waals surface area (Å²) in [6.45, 7) is 1.96. The molecular weight excluding hydrogens is 324 g/mol. The minimum Gasteiger partial charge on any atom is -0.497 e. The molecule has 3 heterocycles. The van der Waals surface area contributed by atoms with Gasteiger partial charge in [0.2, 0.25) is 5.55 Å². The van der Waals surface area contributed by atoms with E-state index in [1.54, 1.807) is 24.7 Å². The normalized spacial score (nSPS) is 16.7. The van der Waals surface area contributed by atoms with Crippen molar-refractivity contribution in [1.82, 2.24) is 4.98 Å². The van der Waals surface area contributed by atoms with Crippen molar-refractivity contribution in [2.24, 2.45) is 10.7 Å². The van der Waals surface area contributed by atoms with Crippen molar-refractivity contribution in [2.75, 3.05) is 12.0 Å². The molecule has 7 heteroatoms. The van der Waals surface area contributed by atoms with E-state index in [0.717, 1.165) is 27.4 Å². The third kappa shape index (κ3) is 2.33. The van der Waals surface area contributed by atoms with Crippen molar-refractivity contribution >= 4 is 22.8 Å². The Hall–Kier alpha value is -2.80. The highest BCUT2D eigenvalue weighted by Crippen LogP contribution is 2.33. The van der Waals surface area contributed by atoms with Crippen molar-refractivity contribution in [3.8, 4) is 5.75 Å². The topological polar surface area (TPSA) is 76.9 Å². The van der Waals surface area contributed by atoms with Crippen LogP contribution in [-0.4, -0.2) is 12.1 Å². The molecule has 0 amide bonds. The van der Waals surface area contributed by atoms with Gasteiger partial charge >= 0.3 is 0 Å². The molecule has 4 rings (SSSR count). The van der Waals surface area contributed by atoms with Gasteiger partial charge in [-0.05, 0) is 37.3 Å². The molecule has 0 radical (unpaired) electrons. The van der Waals surface area contributed by atoms with Crippen LogP contribution < -0.4 is 26.1 Å². The zero-order valence-electron chi connectivity index (χ0n) is 13.3. The first kappa shape index (κ1) is 14.8. The lowest BCUT2D eigenvalue weighted by molar-refractivity contribution is 0.415. The van der Waals surface area contributed by atoms with E-state index in [-0.39, 0.29) is 6.17 Å². The van der Waals surface area contributed by atoms with E-state index >= 15 is 0 Å². The number of benzene rings is 1. The minimum atomic E-state index is -0.351. The summed E-state index contributed by atoms with van der Waals surface area (Å²) in [6.07, 6.45) is 1.25. The summed E-state index contributed by atoms with van der Waals surface area (Å²) in [7, 11) is 1.64. The number of thiazole rings is 1. The molecule has 0 bridgehead atoms. The zero-order valence-corrected chi connectivity index (χ0v) is 14.1. The number of aromatic nitrogens is 1. The van der Waals surface area contributed by atoms with Crippen LogP contribution in [0.1, 0.15) is 16.9 Å². The molecule has 1 atom stereocenters. The van der Waals surface area contributed by atoms with E-state index in [4.69, 9.17) is 19.9 Å². The number of methoxy groups -OCH3 is 1. The highest BCUT2D eigenvalue weighted by molar-refractivity contribution is 7.09. The van der Waals surface area contributed by atoms with Gasteiger partial charge in [-0.25, -0.2) is 9.98 Å². The van der Waals surface area contributed by atoms with Crippen molar-refractivity contribution in [2.45, 2.75) is 13.1 Å². The number of nitrogens with two attached hydrogens (primary N) is 1. The molecule has 6 nitrogen and oxygen atoms in total. The molecule has 122 valence electrons. The van der Waals surface area contributed by atoms with Gasteiger partial charge in [0.25, 0.3) is 0 Å². The molecule has 24 heavy (non-hydrogen) atoms. The van der Waals surface area contributed by atoms with Crippen LogP contribution in [0.3, 0.4) is 0 Å². The number of aryl methyl sites for hydroxylation is 1. The van der Waals surface area contributed by atoms with Crippen LogP contribution in [-0.2, 0) is 0 Å². The lowest BCUT2D eigenvalue weighted by atomic mass is 10.2. The molecule has 3 aromatic rings. The largest absolute Gasteiger partial charge is 0.497 e. The summed E-state index contributed by atoms with van der Waals surface area (Å²) in [6, 6.07) is 9.54. The molecule has 0 aliphatic carbocycles. The summed E-state index contributed by atoms with van der Waals surface area (Å²) >= 11 is 1.56. The summed E-state index contributed by atoms with van der Waals surface area (Å²) < 4.78 is 10.7. The lowest BCUT2D eigenvalue weighted by Gasteiger charge is -2.31. The van der Waals surface area contributed by atoms with E-state index in [1.807, 2.05) is 47.5 Å². The van der Waals surface area contributed by atoms with Crippen molar-refractivity contribution in [1.29, 1.82) is 0 Å². The predicted octanol–water partition coefficient (Wildman–Crippen LogP) is 1.92. The van der Waals surface area contributed by atoms with Gasteiger partial charge in [-0.3, -0.25) is 4.90 Å². The Labute approximate surface area is 142 Å². The Bertz CT molecular complexity index is 990. The molecule has 1 aliphatic heterocycles. The van der Waals surface area contributed by atoms with Gasteiger partial charge < -0.3 is 14.9 Å². The van der Waals surface area contributed by atoms with E-state index < -0.39 is 0 Å². The quantitative estimate of drug-likeness (QED) is 0.788. The average molecular weight is 340 g/mol. The van der Waals surface area contributed by atoms with E-state index in [0.29, 0.717) is 11.4 Å². The molecular formula is C17H16N4O2S. The van der Waals surface area contributed by atoms with E-state index in [1.165, 1.54) is 0 Å². The molecule has 2 N–H and O–H groups in total. The average Bonchev–Trinajstić information content (AvgIpc) is 3.24. The third-order valence-corrected chi connectivity index (χ3v) is 4.88. The molecule has 1 aliphatic rings. The van der Waals surface area contributed by atoms with Crippen LogP contribution in [0.15, 0.2) is 51.4 Å². The number of furan rings is 1. The minimum absolute atomic E-state index is 0.351. The Morgan fingerprint density at radius 3 is 2.71 bits per heavy atom. The fourth-order valence-corrected chi connectivity index (χ4v) is 3.53. The number of anilines is 1. The van der Waals surface area contributed by atoms with Gasteiger partial charge in [0.05, 0.1) is 18.6 Å². The van der Waals surface area contributed by atoms with Crippen LogP contribution in [0.2, 0.25) is 0 Å². The molecule has 0 fully saturated rings. The maximum atomic E-state index is 6.44. The number of hydrogen-bond donors (Lipinski definition) is 1. The van der Waals surface area contributed by atoms with Crippen molar-refractivity contribution in [3.63, 3.8) is 0 Å². The van der Waals surface area contributed by atoms with Crippen LogP contribution in [0, 0.1) is 6.92 Å². The van der Waals surface area contributed by atoms with Gasteiger partial charge in [0, 0.05) is 16.8 Å². The van der Waals surface area contributed by atoms with E-state index in [9.17, 15) is 0 Å². The molecule has 1 unspecified atom stereocenters. The lowest BCUT2D eigenvalue weighted by Crippen LogP contribution is -2.43. The smallest absolute Gasteiger partial charge is 0.227 e. The van der Waals surface area contributed by atoms with Gasteiger partial charge in [-0.2, -0.15) is 0 Å². The number of fused-ring (bicyclic) bond motifs is 1. The third-order valence-electron chi connectivity index (χ3n) is 3.87. The van der Waals surface area contributed by atoms with Crippen LogP contribution in [0.4, 0.5) is 5.69 Å². The Morgan fingerprint density at radius 2 is 2.04 bits per heavy atom. The van der Waals surface area contributed by atoms with Crippen LogP contribution in [0.25, 0.3) is 5.82 Å². The number of ether oxygens (including phenoxy) is 1. The summed E-state index contributed by atoms with van der Waals surface area (Å²) in [5.41, 5.74) is 8.86. The number of rotatable bonds is 3. The first-order valence-electron chi connectivity index (χ1n) is 7.44. The Kier molecular flexibility index (Phi) is 3.50. The van der Waals surface area contributed by atoms with Gasteiger partial charge in [-0.1, -0.05) is 0 Å². The van der Waals surface area contributed by atoms with Crippen molar-refractivity contribution in [3.05, 3.63) is 63.4 Å². The first-order chi connectivity index (χ1) is 11.7. The summed E-state index contributed by atoms with van der Waals surface area (Å²) in [5.74, 6) is 1.38. The van der Waals surface area contributed by atoms with Crippen LogP contribution >= 0.6 is 11.3 Å². The first-order valence-corrected chi connectivity index (χ1v) is 8.32. The van der Waals surface area contributed by atoms with Crippen molar-refractivity contribution < 1.29 is 9.15 Å². The van der Waals surface area contributed by atoms with E-state index in [2.05, 4.69) is 4.98 Å². The molecule has 0 spiro atoms. The Morgan fingerprint density at radius 1 is 1.25 bits per heavy atom. The second kappa shape index (κ2) is 5.68. The second-order valence-electron chi connectivity index (χ2n) is 5.42. The van der Waals surface area contributed by atoms with Gasteiger partial charge in [-0.15, -0.1) is 11.3 Å². The summed E-state index contributed by atoms with van der Waals surface area (Å²) in [5, 5.41) is 3.66. The van der Waals surface area contributed by atoms with Gasteiger partial charge in [0.1, 0.15) is 16.6 Å². The molecule has 0 saturated heterocycles. The van der Waals surface area contributed by atoms with Gasteiger partial charge in [0.15, 0.2) is 6.17 Å². The number of nitrogens with zero attached hydrogens (tertiary/aromatic N) is 3. The molecule has 0 saturated carbocycles. The SMILES string of the molecule is COc1ccc(N2C(N)=c3ccoc3=NC2c2nc(C)cs2)cc1. The monoisotopic (exact) mass is 340 g/mol. The fourth-order valence-electron chi connectivity index (χ4n) is 2.71. The molecule has 1 aromatic carbocycles. The standard InChI is InChI=1S/C17H16N4O2S/c1-10-9-24-17(19-10)15-20-16-13(7-8-23-16)14(18)21(15)11-3-5-12(22-2)6-4-11/h3-9,15H,18H2,1-2H3. The van der Waals surface area contributed by atoms with Crippen LogP contribution in [0.5, 0.6) is 5.75 Å². The fraction of sp³-hybridized carbons (Fsp3) is 0.176. The Balaban J connectivity index is 1.89. The second-order valence-corrected chi connectivity index (χ2v) is 6.31. The molecule has 2 aromatic heterocycles. The maximum absolute atomic E-state index is 6.44. The highest BCUT2D eigenvalue weighted by atomic mass is 32.1. The number of hydrogen-bond acceptors (Lipinski definition) is 7. The zero-order chi connectivity index (χ0) is 16.7. The predicted molar refractivity (Wildman–Crippen MR) is 92.1 cm³/mol. The summed E-state index contributed by atoms with van der Waals surface area (Å²) in [4.78, 5) is 11.3. The maximum Gasteiger partial charge on any atom is 0.227 e.